The van der Waals surface area contributed by atoms with Crippen molar-refractivity contribution in [3.8, 4) is 5.69 Å². The molecule has 3 N–H and O–H groups in total. The first-order chi connectivity index (χ1) is 12.7. The maximum absolute atomic E-state index is 13.9. The Labute approximate surface area is 150 Å². The zero-order valence-corrected chi connectivity index (χ0v) is 14.1. The smallest absolute Gasteiger partial charge is 0.248 e. The minimum absolute atomic E-state index is 0.113. The molecule has 1 fully saturated rings. The molecule has 7 nitrogen and oxygen atoms in total. The highest BCUT2D eigenvalue weighted by atomic mass is 19.1. The van der Waals surface area contributed by atoms with Crippen LogP contribution in [0.4, 0.5) is 27.7 Å². The highest BCUT2D eigenvalue weighted by molar-refractivity contribution is 5.60. The molecule has 4 rings (SSSR count). The van der Waals surface area contributed by atoms with E-state index in [1.54, 1.807) is 18.2 Å². The summed E-state index contributed by atoms with van der Waals surface area (Å²) in [4.78, 5) is 6.43. The number of aromatic nitrogens is 3. The van der Waals surface area contributed by atoms with Gasteiger partial charge >= 0.3 is 0 Å². The van der Waals surface area contributed by atoms with E-state index in [2.05, 4.69) is 20.3 Å². The van der Waals surface area contributed by atoms with Crippen LogP contribution in [0, 0.1) is 5.82 Å². The Balaban J connectivity index is 1.51. The van der Waals surface area contributed by atoms with Gasteiger partial charge < -0.3 is 20.7 Å². The van der Waals surface area contributed by atoms with E-state index in [9.17, 15) is 4.39 Å². The van der Waals surface area contributed by atoms with Crippen LogP contribution in [0.1, 0.15) is 0 Å². The number of anilines is 4. The molecule has 1 saturated heterocycles. The fourth-order valence-corrected chi connectivity index (χ4v) is 2.88. The molecular weight excluding hydrogens is 335 g/mol. The molecule has 0 saturated carbocycles. The molecule has 0 amide bonds. The van der Waals surface area contributed by atoms with E-state index in [-0.39, 0.29) is 11.6 Å². The molecule has 134 valence electrons. The van der Waals surface area contributed by atoms with Gasteiger partial charge in [0.15, 0.2) is 0 Å². The SMILES string of the molecule is Nc1nc(Nc2ccc(N3CCOCC3)cc2)nn1-c1ccccc1F. The van der Waals surface area contributed by atoms with Crippen LogP contribution in [-0.2, 0) is 4.74 Å². The van der Waals surface area contributed by atoms with Crippen LogP contribution in [0.5, 0.6) is 0 Å². The normalized spacial score (nSPS) is 14.4. The summed E-state index contributed by atoms with van der Waals surface area (Å²) in [5, 5.41) is 7.35. The van der Waals surface area contributed by atoms with Crippen LogP contribution in [-0.4, -0.2) is 41.1 Å². The largest absolute Gasteiger partial charge is 0.378 e. The number of morpholine rings is 1. The maximum Gasteiger partial charge on any atom is 0.248 e. The lowest BCUT2D eigenvalue weighted by molar-refractivity contribution is 0.122. The van der Waals surface area contributed by atoms with E-state index >= 15 is 0 Å². The van der Waals surface area contributed by atoms with E-state index < -0.39 is 5.82 Å². The summed E-state index contributed by atoms with van der Waals surface area (Å²) in [6, 6.07) is 14.2. The Morgan fingerprint density at radius 1 is 1.04 bits per heavy atom. The minimum atomic E-state index is -0.412. The quantitative estimate of drug-likeness (QED) is 0.749. The third-order valence-electron chi connectivity index (χ3n) is 4.21. The summed E-state index contributed by atoms with van der Waals surface area (Å²) in [5.41, 5.74) is 8.11. The van der Waals surface area contributed by atoms with Gasteiger partial charge in [0.25, 0.3) is 0 Å². The average Bonchev–Trinajstić information content (AvgIpc) is 3.03. The van der Waals surface area contributed by atoms with Crippen molar-refractivity contribution in [2.75, 3.05) is 42.3 Å². The standard InChI is InChI=1S/C18H19FN6O/c19-15-3-1-2-4-16(15)25-17(20)22-18(23-25)21-13-5-7-14(8-6-13)24-9-11-26-12-10-24/h1-8H,9-12H2,(H3,20,21,22,23). The molecule has 0 bridgehead atoms. The summed E-state index contributed by atoms with van der Waals surface area (Å²) in [6.45, 7) is 3.27. The van der Waals surface area contributed by atoms with Gasteiger partial charge in [-0.1, -0.05) is 12.1 Å². The maximum atomic E-state index is 13.9. The van der Waals surface area contributed by atoms with E-state index in [0.717, 1.165) is 37.7 Å². The summed E-state index contributed by atoms with van der Waals surface area (Å²) in [6.07, 6.45) is 0. The van der Waals surface area contributed by atoms with Crippen LogP contribution in [0.25, 0.3) is 5.69 Å². The van der Waals surface area contributed by atoms with Crippen molar-refractivity contribution < 1.29 is 9.13 Å². The van der Waals surface area contributed by atoms with Gasteiger partial charge in [-0.25, -0.2) is 4.39 Å². The fraction of sp³-hybridized carbons (Fsp3) is 0.222. The van der Waals surface area contributed by atoms with Crippen molar-refractivity contribution in [3.63, 3.8) is 0 Å². The number of rotatable bonds is 4. The second-order valence-corrected chi connectivity index (χ2v) is 5.93. The lowest BCUT2D eigenvalue weighted by Gasteiger charge is -2.28. The van der Waals surface area contributed by atoms with E-state index in [1.165, 1.54) is 10.7 Å². The van der Waals surface area contributed by atoms with Gasteiger partial charge in [-0.3, -0.25) is 0 Å². The molecule has 8 heteroatoms. The number of nitrogens with zero attached hydrogens (tertiary/aromatic N) is 4. The molecule has 1 aliphatic heterocycles. The molecular formula is C18H19FN6O. The number of para-hydroxylation sites is 1. The molecule has 2 aromatic carbocycles. The van der Waals surface area contributed by atoms with Crippen LogP contribution in [0.3, 0.4) is 0 Å². The van der Waals surface area contributed by atoms with Crippen molar-refractivity contribution in [1.82, 2.24) is 14.8 Å². The molecule has 1 aromatic heterocycles. The van der Waals surface area contributed by atoms with Crippen LogP contribution in [0.15, 0.2) is 48.5 Å². The van der Waals surface area contributed by atoms with E-state index in [0.29, 0.717) is 5.95 Å². The summed E-state index contributed by atoms with van der Waals surface area (Å²) in [7, 11) is 0. The minimum Gasteiger partial charge on any atom is -0.378 e. The van der Waals surface area contributed by atoms with Gasteiger partial charge in [-0.15, -0.1) is 5.10 Å². The lowest BCUT2D eigenvalue weighted by atomic mass is 10.2. The lowest BCUT2D eigenvalue weighted by Crippen LogP contribution is -2.36. The number of ether oxygens (including phenoxy) is 1. The number of benzene rings is 2. The first-order valence-corrected chi connectivity index (χ1v) is 8.38. The summed E-state index contributed by atoms with van der Waals surface area (Å²) < 4.78 is 20.6. The number of hydrogen-bond donors (Lipinski definition) is 2. The zero-order valence-electron chi connectivity index (χ0n) is 14.1. The first kappa shape index (κ1) is 16.3. The van der Waals surface area contributed by atoms with E-state index in [4.69, 9.17) is 10.5 Å². The van der Waals surface area contributed by atoms with Crippen molar-refractivity contribution in [2.24, 2.45) is 0 Å². The Bertz CT molecular complexity index is 889. The molecule has 0 radical (unpaired) electrons. The van der Waals surface area contributed by atoms with Crippen molar-refractivity contribution in [3.05, 3.63) is 54.3 Å². The summed E-state index contributed by atoms with van der Waals surface area (Å²) >= 11 is 0. The highest BCUT2D eigenvalue weighted by Gasteiger charge is 2.13. The van der Waals surface area contributed by atoms with Gasteiger partial charge in [-0.05, 0) is 36.4 Å². The monoisotopic (exact) mass is 354 g/mol. The number of nitrogens with one attached hydrogen (secondary N) is 1. The third-order valence-corrected chi connectivity index (χ3v) is 4.21. The summed E-state index contributed by atoms with van der Waals surface area (Å²) in [5.74, 6) is 0.0120. The Hall–Kier alpha value is -3.13. The fourth-order valence-electron chi connectivity index (χ4n) is 2.88. The molecule has 26 heavy (non-hydrogen) atoms. The van der Waals surface area contributed by atoms with Crippen molar-refractivity contribution in [1.29, 1.82) is 0 Å². The second-order valence-electron chi connectivity index (χ2n) is 5.93. The molecule has 2 heterocycles. The van der Waals surface area contributed by atoms with Crippen LogP contribution >= 0.6 is 0 Å². The van der Waals surface area contributed by atoms with Crippen LogP contribution in [0.2, 0.25) is 0 Å². The third kappa shape index (κ3) is 3.31. The zero-order chi connectivity index (χ0) is 17.9. The molecule has 1 aliphatic rings. The van der Waals surface area contributed by atoms with Gasteiger partial charge in [0, 0.05) is 24.5 Å². The predicted octanol–water partition coefficient (Wildman–Crippen LogP) is 2.57. The van der Waals surface area contributed by atoms with E-state index in [1.807, 2.05) is 24.3 Å². The van der Waals surface area contributed by atoms with Crippen molar-refractivity contribution in [2.45, 2.75) is 0 Å². The topological polar surface area (TPSA) is 81.2 Å². The predicted molar refractivity (Wildman–Crippen MR) is 98.5 cm³/mol. The first-order valence-electron chi connectivity index (χ1n) is 8.38. The number of halogens is 1. The molecule has 3 aromatic rings. The number of hydrogen-bond acceptors (Lipinski definition) is 6. The number of nitrogen functional groups attached to an aromatic ring is 1. The second kappa shape index (κ2) is 7.01. The molecule has 0 atom stereocenters. The molecule has 0 unspecified atom stereocenters. The Morgan fingerprint density at radius 2 is 1.77 bits per heavy atom. The molecule has 0 spiro atoms. The van der Waals surface area contributed by atoms with Crippen LogP contribution < -0.4 is 16.0 Å². The van der Waals surface area contributed by atoms with Gasteiger partial charge in [0.05, 0.1) is 13.2 Å². The van der Waals surface area contributed by atoms with Gasteiger partial charge in [-0.2, -0.15) is 9.67 Å². The van der Waals surface area contributed by atoms with Gasteiger partial charge in [0.1, 0.15) is 11.5 Å². The Kier molecular flexibility index (Phi) is 4.40. The van der Waals surface area contributed by atoms with Gasteiger partial charge in [0.2, 0.25) is 11.9 Å². The average molecular weight is 354 g/mol. The highest BCUT2D eigenvalue weighted by Crippen LogP contribution is 2.22. The number of nitrogens with two attached hydrogens (primary N) is 1. The van der Waals surface area contributed by atoms with Crippen molar-refractivity contribution >= 4 is 23.3 Å². The Morgan fingerprint density at radius 3 is 2.50 bits per heavy atom. The molecule has 0 aliphatic carbocycles.